The van der Waals surface area contributed by atoms with Crippen molar-refractivity contribution in [2.75, 3.05) is 0 Å². The van der Waals surface area contributed by atoms with Crippen LogP contribution in [-0.4, -0.2) is 14.8 Å². The molecule has 0 saturated carbocycles. The molecular formula is C22H19N3. The number of hydrogen-bond donors (Lipinski definition) is 0. The van der Waals surface area contributed by atoms with E-state index in [2.05, 4.69) is 70.2 Å². The van der Waals surface area contributed by atoms with Crippen molar-refractivity contribution in [3.8, 4) is 22.8 Å². The van der Waals surface area contributed by atoms with E-state index in [1.54, 1.807) is 0 Å². The molecule has 1 aromatic heterocycles. The SMILES string of the molecule is Cc1ccccc1Cn1c(-c2ccccc2)nnc1-c1ccccc1. The number of hydrogen-bond acceptors (Lipinski definition) is 2. The Kier molecular flexibility index (Phi) is 4.13. The van der Waals surface area contributed by atoms with Crippen LogP contribution in [0.1, 0.15) is 11.1 Å². The van der Waals surface area contributed by atoms with Gasteiger partial charge in [-0.25, -0.2) is 0 Å². The maximum Gasteiger partial charge on any atom is 0.164 e. The zero-order valence-electron chi connectivity index (χ0n) is 14.1. The molecule has 0 aliphatic carbocycles. The summed E-state index contributed by atoms with van der Waals surface area (Å²) >= 11 is 0. The third-order valence-corrected chi connectivity index (χ3v) is 4.40. The summed E-state index contributed by atoms with van der Waals surface area (Å²) in [5.74, 6) is 1.78. The van der Waals surface area contributed by atoms with Gasteiger partial charge >= 0.3 is 0 Å². The van der Waals surface area contributed by atoms with Crippen molar-refractivity contribution in [1.82, 2.24) is 14.8 Å². The highest BCUT2D eigenvalue weighted by molar-refractivity contribution is 5.62. The van der Waals surface area contributed by atoms with E-state index in [0.29, 0.717) is 0 Å². The maximum atomic E-state index is 4.50. The van der Waals surface area contributed by atoms with Gasteiger partial charge in [0.25, 0.3) is 0 Å². The van der Waals surface area contributed by atoms with Crippen LogP contribution in [0.15, 0.2) is 84.9 Å². The van der Waals surface area contributed by atoms with Gasteiger partial charge in [0.15, 0.2) is 11.6 Å². The lowest BCUT2D eigenvalue weighted by Gasteiger charge is -2.12. The second-order valence-electron chi connectivity index (χ2n) is 6.09. The lowest BCUT2D eigenvalue weighted by Crippen LogP contribution is -2.05. The van der Waals surface area contributed by atoms with Crippen LogP contribution in [0.25, 0.3) is 22.8 Å². The number of rotatable bonds is 4. The lowest BCUT2D eigenvalue weighted by atomic mass is 10.1. The van der Waals surface area contributed by atoms with Gasteiger partial charge in [-0.1, -0.05) is 84.9 Å². The molecule has 0 aliphatic rings. The van der Waals surface area contributed by atoms with Crippen molar-refractivity contribution >= 4 is 0 Å². The molecule has 0 radical (unpaired) electrons. The number of aryl methyl sites for hydroxylation is 1. The van der Waals surface area contributed by atoms with Crippen molar-refractivity contribution in [2.45, 2.75) is 13.5 Å². The highest BCUT2D eigenvalue weighted by Crippen LogP contribution is 2.26. The molecule has 0 unspecified atom stereocenters. The van der Waals surface area contributed by atoms with Gasteiger partial charge in [0.1, 0.15) is 0 Å². The summed E-state index contributed by atoms with van der Waals surface area (Å²) in [5, 5.41) is 9.00. The van der Waals surface area contributed by atoms with Gasteiger partial charge in [-0.2, -0.15) is 0 Å². The minimum atomic E-state index is 0.744. The van der Waals surface area contributed by atoms with Gasteiger partial charge in [-0.15, -0.1) is 10.2 Å². The van der Waals surface area contributed by atoms with Crippen molar-refractivity contribution in [1.29, 1.82) is 0 Å². The first-order valence-electron chi connectivity index (χ1n) is 8.41. The topological polar surface area (TPSA) is 30.7 Å². The summed E-state index contributed by atoms with van der Waals surface area (Å²) in [5.41, 5.74) is 4.70. The molecule has 4 aromatic rings. The standard InChI is InChI=1S/C22H19N3/c1-17-10-8-9-15-20(17)16-25-21(18-11-4-2-5-12-18)23-24-22(25)19-13-6-3-7-14-19/h2-15H,16H2,1H3. The summed E-state index contributed by atoms with van der Waals surface area (Å²) in [6.07, 6.45) is 0. The molecule has 0 saturated heterocycles. The van der Waals surface area contributed by atoms with E-state index in [-0.39, 0.29) is 0 Å². The first-order valence-corrected chi connectivity index (χ1v) is 8.41. The van der Waals surface area contributed by atoms with Crippen molar-refractivity contribution < 1.29 is 0 Å². The van der Waals surface area contributed by atoms with Crippen molar-refractivity contribution in [3.05, 3.63) is 96.1 Å². The van der Waals surface area contributed by atoms with Crippen LogP contribution in [0.3, 0.4) is 0 Å². The minimum Gasteiger partial charge on any atom is -0.303 e. The van der Waals surface area contributed by atoms with E-state index < -0.39 is 0 Å². The monoisotopic (exact) mass is 325 g/mol. The molecule has 0 fully saturated rings. The molecule has 0 aliphatic heterocycles. The quantitative estimate of drug-likeness (QED) is 0.530. The van der Waals surface area contributed by atoms with Crippen molar-refractivity contribution in [2.24, 2.45) is 0 Å². The summed E-state index contributed by atoms with van der Waals surface area (Å²) < 4.78 is 2.20. The Morgan fingerprint density at radius 2 is 1.12 bits per heavy atom. The Morgan fingerprint density at radius 3 is 1.64 bits per heavy atom. The largest absolute Gasteiger partial charge is 0.303 e. The fourth-order valence-electron chi connectivity index (χ4n) is 3.01. The molecule has 0 amide bonds. The van der Waals surface area contributed by atoms with Crippen LogP contribution in [0.5, 0.6) is 0 Å². The first kappa shape index (κ1) is 15.3. The second-order valence-corrected chi connectivity index (χ2v) is 6.09. The van der Waals surface area contributed by atoms with E-state index in [1.165, 1.54) is 11.1 Å². The lowest BCUT2D eigenvalue weighted by molar-refractivity contribution is 0.806. The molecule has 0 bridgehead atoms. The molecular weight excluding hydrogens is 306 g/mol. The van der Waals surface area contributed by atoms with Crippen LogP contribution in [0.2, 0.25) is 0 Å². The van der Waals surface area contributed by atoms with E-state index in [9.17, 15) is 0 Å². The molecule has 0 spiro atoms. The molecule has 3 nitrogen and oxygen atoms in total. The van der Waals surface area contributed by atoms with E-state index >= 15 is 0 Å². The van der Waals surface area contributed by atoms with Crippen molar-refractivity contribution in [3.63, 3.8) is 0 Å². The van der Waals surface area contributed by atoms with E-state index in [4.69, 9.17) is 0 Å². The highest BCUT2D eigenvalue weighted by atomic mass is 15.3. The number of aromatic nitrogens is 3. The number of nitrogens with zero attached hydrogens (tertiary/aromatic N) is 3. The van der Waals surface area contributed by atoms with Crippen LogP contribution in [0, 0.1) is 6.92 Å². The maximum absolute atomic E-state index is 4.50. The van der Waals surface area contributed by atoms with E-state index in [0.717, 1.165) is 29.3 Å². The third kappa shape index (κ3) is 3.09. The predicted octanol–water partition coefficient (Wildman–Crippen LogP) is 4.97. The molecule has 0 atom stereocenters. The molecule has 3 aromatic carbocycles. The average molecular weight is 325 g/mol. The highest BCUT2D eigenvalue weighted by Gasteiger charge is 2.16. The van der Waals surface area contributed by atoms with Gasteiger partial charge in [0.05, 0.1) is 6.54 Å². The summed E-state index contributed by atoms with van der Waals surface area (Å²) in [6.45, 7) is 2.89. The molecule has 3 heteroatoms. The Hall–Kier alpha value is -3.20. The molecule has 25 heavy (non-hydrogen) atoms. The van der Waals surface area contributed by atoms with Crippen LogP contribution in [-0.2, 0) is 6.54 Å². The van der Waals surface area contributed by atoms with Gasteiger partial charge < -0.3 is 4.57 Å². The molecule has 4 rings (SSSR count). The normalized spacial score (nSPS) is 10.8. The number of benzene rings is 3. The molecule has 122 valence electrons. The average Bonchev–Trinajstić information content (AvgIpc) is 3.09. The molecule has 0 N–H and O–H groups in total. The Bertz CT molecular complexity index is 916. The van der Waals surface area contributed by atoms with Crippen LogP contribution in [0.4, 0.5) is 0 Å². The zero-order chi connectivity index (χ0) is 17.1. The first-order chi connectivity index (χ1) is 12.3. The van der Waals surface area contributed by atoms with Crippen LogP contribution < -0.4 is 0 Å². The Labute approximate surface area is 147 Å². The van der Waals surface area contributed by atoms with Gasteiger partial charge in [-0.3, -0.25) is 0 Å². The second kappa shape index (κ2) is 6.73. The summed E-state index contributed by atoms with van der Waals surface area (Å²) in [6, 6.07) is 28.9. The van der Waals surface area contributed by atoms with Crippen LogP contribution >= 0.6 is 0 Å². The van der Waals surface area contributed by atoms with Gasteiger partial charge in [0.2, 0.25) is 0 Å². The van der Waals surface area contributed by atoms with E-state index in [1.807, 2.05) is 36.4 Å². The zero-order valence-corrected chi connectivity index (χ0v) is 14.1. The van der Waals surface area contributed by atoms with Gasteiger partial charge in [-0.05, 0) is 18.1 Å². The minimum absolute atomic E-state index is 0.744. The smallest absolute Gasteiger partial charge is 0.164 e. The fourth-order valence-corrected chi connectivity index (χ4v) is 3.01. The Balaban J connectivity index is 1.86. The summed E-state index contributed by atoms with van der Waals surface area (Å²) in [4.78, 5) is 0. The molecule has 1 heterocycles. The Morgan fingerprint density at radius 1 is 0.640 bits per heavy atom. The fraction of sp³-hybridized carbons (Fsp3) is 0.0909. The predicted molar refractivity (Wildman–Crippen MR) is 101 cm³/mol. The van der Waals surface area contributed by atoms with Gasteiger partial charge in [0, 0.05) is 11.1 Å². The third-order valence-electron chi connectivity index (χ3n) is 4.40. The summed E-state index contributed by atoms with van der Waals surface area (Å²) in [7, 11) is 0.